The molecule has 0 saturated heterocycles. The van der Waals surface area contributed by atoms with Crippen molar-refractivity contribution in [2.45, 2.75) is 23.8 Å². The summed E-state index contributed by atoms with van der Waals surface area (Å²) in [6, 6.07) is 0. The second-order valence-electron chi connectivity index (χ2n) is 3.90. The average molecular weight is 224 g/mol. The van der Waals surface area contributed by atoms with Gasteiger partial charge in [-0.05, 0) is 19.1 Å². The zero-order valence-corrected chi connectivity index (χ0v) is 10.2. The van der Waals surface area contributed by atoms with E-state index in [0.29, 0.717) is 6.10 Å². The number of aromatic nitrogens is 1. The van der Waals surface area contributed by atoms with Crippen LogP contribution in [0.5, 0.6) is 5.75 Å². The van der Waals surface area contributed by atoms with E-state index in [2.05, 4.69) is 11.2 Å². The average Bonchev–Trinajstić information content (AvgIpc) is 3.01. The molecule has 4 heteroatoms. The van der Waals surface area contributed by atoms with E-state index in [1.54, 1.807) is 11.8 Å². The van der Waals surface area contributed by atoms with Crippen LogP contribution in [0.15, 0.2) is 17.3 Å². The third kappa shape index (κ3) is 2.37. The van der Waals surface area contributed by atoms with Gasteiger partial charge in [0.25, 0.3) is 0 Å². The highest BCUT2D eigenvalue weighted by Gasteiger charge is 2.26. The molecule has 2 rings (SSSR count). The topological polar surface area (TPSA) is 25.4 Å². The molecule has 82 valence electrons. The predicted molar refractivity (Wildman–Crippen MR) is 64.0 cm³/mol. The molecule has 0 N–H and O–H groups in total. The van der Waals surface area contributed by atoms with Crippen LogP contribution in [-0.4, -0.2) is 31.4 Å². The summed E-state index contributed by atoms with van der Waals surface area (Å²) in [6.07, 6.45) is 8.58. The van der Waals surface area contributed by atoms with Gasteiger partial charge in [-0.25, -0.2) is 0 Å². The number of rotatable bonds is 4. The fourth-order valence-electron chi connectivity index (χ4n) is 1.35. The van der Waals surface area contributed by atoms with Gasteiger partial charge in [0.2, 0.25) is 0 Å². The summed E-state index contributed by atoms with van der Waals surface area (Å²) in [7, 11) is 4.03. The van der Waals surface area contributed by atoms with Crippen molar-refractivity contribution in [3.05, 3.63) is 12.4 Å². The summed E-state index contributed by atoms with van der Waals surface area (Å²) in [5.74, 6) is 0.991. The fraction of sp³-hybridized carbons (Fsp3) is 0.545. The summed E-state index contributed by atoms with van der Waals surface area (Å²) >= 11 is 1.68. The monoisotopic (exact) mass is 224 g/mol. The van der Waals surface area contributed by atoms with E-state index < -0.39 is 0 Å². The molecule has 0 aromatic carbocycles. The van der Waals surface area contributed by atoms with Crippen molar-refractivity contribution >= 4 is 17.4 Å². The van der Waals surface area contributed by atoms with Crippen molar-refractivity contribution in [2.24, 2.45) is 0 Å². The van der Waals surface area contributed by atoms with Gasteiger partial charge in [-0.2, -0.15) is 0 Å². The van der Waals surface area contributed by atoms with Crippen LogP contribution in [0.25, 0.3) is 0 Å². The number of thioether (sulfide) groups is 1. The molecular formula is C11H16N2OS. The second kappa shape index (κ2) is 4.31. The molecule has 0 aliphatic heterocycles. The smallest absolute Gasteiger partial charge is 0.159 e. The Hall–Kier alpha value is -0.900. The molecule has 0 unspecified atom stereocenters. The van der Waals surface area contributed by atoms with Crippen LogP contribution in [0, 0.1) is 0 Å². The molecule has 1 aromatic heterocycles. The molecule has 0 spiro atoms. The zero-order valence-electron chi connectivity index (χ0n) is 9.36. The molecule has 0 bridgehead atoms. The van der Waals surface area contributed by atoms with E-state index in [-0.39, 0.29) is 0 Å². The molecule has 0 amide bonds. The number of hydrogen-bond acceptors (Lipinski definition) is 4. The van der Waals surface area contributed by atoms with E-state index in [0.717, 1.165) is 16.3 Å². The van der Waals surface area contributed by atoms with Crippen molar-refractivity contribution in [1.82, 2.24) is 4.98 Å². The van der Waals surface area contributed by atoms with Gasteiger partial charge in [0.05, 0.1) is 22.9 Å². The van der Waals surface area contributed by atoms with Crippen LogP contribution >= 0.6 is 11.8 Å². The Morgan fingerprint density at radius 2 is 2.13 bits per heavy atom. The van der Waals surface area contributed by atoms with Gasteiger partial charge in [0.1, 0.15) is 0 Å². The third-order valence-corrected chi connectivity index (χ3v) is 3.09. The van der Waals surface area contributed by atoms with Gasteiger partial charge in [-0.15, -0.1) is 11.8 Å². The molecular weight excluding hydrogens is 208 g/mol. The minimum Gasteiger partial charge on any atom is -0.487 e. The lowest BCUT2D eigenvalue weighted by Gasteiger charge is -2.19. The first-order valence-corrected chi connectivity index (χ1v) is 6.31. The quantitative estimate of drug-likeness (QED) is 0.733. The Balaban J connectivity index is 2.34. The lowest BCUT2D eigenvalue weighted by molar-refractivity contribution is 0.296. The minimum absolute atomic E-state index is 0.428. The van der Waals surface area contributed by atoms with Crippen LogP contribution in [0.1, 0.15) is 12.8 Å². The number of nitrogens with zero attached hydrogens (tertiary/aromatic N) is 2. The molecule has 1 aliphatic carbocycles. The maximum Gasteiger partial charge on any atom is 0.159 e. The normalized spacial score (nSPS) is 15.1. The van der Waals surface area contributed by atoms with E-state index in [4.69, 9.17) is 4.74 Å². The minimum atomic E-state index is 0.428. The Morgan fingerprint density at radius 1 is 1.40 bits per heavy atom. The summed E-state index contributed by atoms with van der Waals surface area (Å²) in [5, 5.41) is 0. The van der Waals surface area contributed by atoms with Gasteiger partial charge in [-0.3, -0.25) is 4.98 Å². The van der Waals surface area contributed by atoms with E-state index in [1.165, 1.54) is 12.8 Å². The third-order valence-electron chi connectivity index (χ3n) is 2.36. The number of pyridine rings is 1. The van der Waals surface area contributed by atoms with Crippen LogP contribution in [-0.2, 0) is 0 Å². The Labute approximate surface area is 94.8 Å². The molecule has 1 aromatic rings. The van der Waals surface area contributed by atoms with Gasteiger partial charge >= 0.3 is 0 Å². The SMILES string of the molecule is CSc1cncc(N(C)C)c1OC1CC1. The summed E-state index contributed by atoms with van der Waals surface area (Å²) < 4.78 is 5.94. The summed E-state index contributed by atoms with van der Waals surface area (Å²) in [6.45, 7) is 0. The number of hydrogen-bond donors (Lipinski definition) is 0. The fourth-order valence-corrected chi connectivity index (χ4v) is 1.86. The second-order valence-corrected chi connectivity index (χ2v) is 4.75. The number of ether oxygens (including phenoxy) is 1. The lowest BCUT2D eigenvalue weighted by atomic mass is 10.3. The standard InChI is InChI=1S/C11H16N2OS/c1-13(2)9-6-12-7-10(15-3)11(9)14-8-4-5-8/h6-8H,4-5H2,1-3H3. The van der Waals surface area contributed by atoms with Crippen molar-refractivity contribution in [2.75, 3.05) is 25.3 Å². The molecule has 0 atom stereocenters. The summed E-state index contributed by atoms with van der Waals surface area (Å²) in [4.78, 5) is 7.39. The first-order chi connectivity index (χ1) is 7.22. The van der Waals surface area contributed by atoms with Gasteiger partial charge < -0.3 is 9.64 Å². The van der Waals surface area contributed by atoms with Gasteiger partial charge in [0, 0.05) is 20.3 Å². The molecule has 1 saturated carbocycles. The first-order valence-electron chi connectivity index (χ1n) is 5.08. The van der Waals surface area contributed by atoms with Crippen molar-refractivity contribution in [3.8, 4) is 5.75 Å². The van der Waals surface area contributed by atoms with Crippen LogP contribution in [0.4, 0.5) is 5.69 Å². The van der Waals surface area contributed by atoms with Gasteiger partial charge in [-0.1, -0.05) is 0 Å². The molecule has 3 nitrogen and oxygen atoms in total. The van der Waals surface area contributed by atoms with Crippen molar-refractivity contribution < 1.29 is 4.74 Å². The van der Waals surface area contributed by atoms with E-state index in [1.807, 2.05) is 31.4 Å². The lowest BCUT2D eigenvalue weighted by Crippen LogP contribution is -2.12. The van der Waals surface area contributed by atoms with E-state index >= 15 is 0 Å². The van der Waals surface area contributed by atoms with Gasteiger partial charge in [0.15, 0.2) is 5.75 Å². The molecule has 1 heterocycles. The highest BCUT2D eigenvalue weighted by Crippen LogP contribution is 2.39. The van der Waals surface area contributed by atoms with E-state index in [9.17, 15) is 0 Å². The largest absolute Gasteiger partial charge is 0.487 e. The van der Waals surface area contributed by atoms with Crippen LogP contribution in [0.2, 0.25) is 0 Å². The maximum atomic E-state index is 5.94. The Kier molecular flexibility index (Phi) is 3.05. The molecule has 1 aliphatic rings. The highest BCUT2D eigenvalue weighted by atomic mass is 32.2. The summed E-state index contributed by atoms with van der Waals surface area (Å²) in [5.41, 5.74) is 1.06. The first kappa shape index (κ1) is 10.6. The van der Waals surface area contributed by atoms with Crippen molar-refractivity contribution in [3.63, 3.8) is 0 Å². The highest BCUT2D eigenvalue weighted by molar-refractivity contribution is 7.98. The zero-order chi connectivity index (χ0) is 10.8. The Morgan fingerprint density at radius 3 is 2.67 bits per heavy atom. The maximum absolute atomic E-state index is 5.94. The van der Waals surface area contributed by atoms with Crippen molar-refractivity contribution in [1.29, 1.82) is 0 Å². The number of anilines is 1. The predicted octanol–water partition coefficient (Wildman–Crippen LogP) is 2.41. The van der Waals surface area contributed by atoms with Crippen LogP contribution < -0.4 is 9.64 Å². The molecule has 15 heavy (non-hydrogen) atoms. The Bertz CT molecular complexity index is 350. The molecule has 1 fully saturated rings. The van der Waals surface area contributed by atoms with Crippen LogP contribution in [0.3, 0.4) is 0 Å². The molecule has 0 radical (unpaired) electrons.